The normalized spacial score (nSPS) is 15.3. The fourth-order valence-electron chi connectivity index (χ4n) is 5.57. The van der Waals surface area contributed by atoms with Gasteiger partial charge in [0.25, 0.3) is 0 Å². The van der Waals surface area contributed by atoms with E-state index in [0.717, 1.165) is 40.2 Å². The van der Waals surface area contributed by atoms with E-state index < -0.39 is 23.8 Å². The lowest BCUT2D eigenvalue weighted by Gasteiger charge is -2.35. The predicted octanol–water partition coefficient (Wildman–Crippen LogP) is 6.89. The van der Waals surface area contributed by atoms with Crippen LogP contribution in [0.5, 0.6) is 5.75 Å². The molecular weight excluding hydrogens is 556 g/mol. The van der Waals surface area contributed by atoms with Gasteiger partial charge in [0.05, 0.1) is 22.8 Å². The van der Waals surface area contributed by atoms with E-state index in [1.54, 1.807) is 38.4 Å². The zero-order chi connectivity index (χ0) is 30.4. The summed E-state index contributed by atoms with van der Waals surface area (Å²) in [6.45, 7) is 3.72. The standard InChI is InChI=1S/C32H29F2N5O4/c1-18-30(19(2)43-36-18)20-8-15-27-26(16-20)35-31(39(27)21-9-12-23(13-10-21)42-32(41)37(3)4)28-6-5-7-29(40)38(28)22-11-14-24(33)25(34)17-22/h8-17,28H,5-7H2,1-4H3/t28-/m0/s1. The Morgan fingerprint density at radius 2 is 1.74 bits per heavy atom. The molecule has 2 aromatic heterocycles. The minimum Gasteiger partial charge on any atom is -0.410 e. The van der Waals surface area contributed by atoms with Gasteiger partial charge in [-0.15, -0.1) is 0 Å². The molecule has 1 fully saturated rings. The summed E-state index contributed by atoms with van der Waals surface area (Å²) in [5.41, 5.74) is 4.92. The van der Waals surface area contributed by atoms with Gasteiger partial charge in [0.1, 0.15) is 17.3 Å². The van der Waals surface area contributed by atoms with Crippen LogP contribution in [-0.4, -0.2) is 45.7 Å². The number of carbonyl (C=O) groups is 2. The monoisotopic (exact) mass is 585 g/mol. The van der Waals surface area contributed by atoms with Crippen molar-refractivity contribution in [3.63, 3.8) is 0 Å². The first-order valence-corrected chi connectivity index (χ1v) is 13.8. The number of anilines is 1. The number of hydrogen-bond donors (Lipinski definition) is 0. The number of aryl methyl sites for hydroxylation is 2. The second-order valence-electron chi connectivity index (χ2n) is 10.7. The molecule has 1 aliphatic heterocycles. The van der Waals surface area contributed by atoms with Crippen LogP contribution >= 0.6 is 0 Å². The Labute approximate surface area is 246 Å². The highest BCUT2D eigenvalue weighted by atomic mass is 19.2. The summed E-state index contributed by atoms with van der Waals surface area (Å²) in [5.74, 6) is -0.619. The van der Waals surface area contributed by atoms with Crippen molar-refractivity contribution in [2.45, 2.75) is 39.2 Å². The van der Waals surface area contributed by atoms with Crippen LogP contribution in [0.15, 0.2) is 65.2 Å². The van der Waals surface area contributed by atoms with E-state index in [1.807, 2.05) is 36.6 Å². The molecule has 11 heteroatoms. The number of nitrogens with zero attached hydrogens (tertiary/aromatic N) is 5. The number of imidazole rings is 1. The molecule has 43 heavy (non-hydrogen) atoms. The maximum atomic E-state index is 14.3. The molecule has 0 aliphatic carbocycles. The molecule has 5 aromatic rings. The van der Waals surface area contributed by atoms with Crippen molar-refractivity contribution in [2.24, 2.45) is 0 Å². The Balaban J connectivity index is 1.52. The third-order valence-electron chi connectivity index (χ3n) is 7.60. The fraction of sp³-hybridized carbons (Fsp3) is 0.250. The lowest BCUT2D eigenvalue weighted by molar-refractivity contribution is -0.120. The Kier molecular flexibility index (Phi) is 7.17. The average molecular weight is 586 g/mol. The zero-order valence-corrected chi connectivity index (χ0v) is 24.1. The second-order valence-corrected chi connectivity index (χ2v) is 10.7. The molecule has 1 saturated heterocycles. The van der Waals surface area contributed by atoms with Gasteiger partial charge in [0.15, 0.2) is 11.6 Å². The van der Waals surface area contributed by atoms with Crippen LogP contribution in [0.4, 0.5) is 19.3 Å². The molecule has 1 aliphatic rings. The van der Waals surface area contributed by atoms with E-state index in [4.69, 9.17) is 14.2 Å². The van der Waals surface area contributed by atoms with Gasteiger partial charge in [-0.2, -0.15) is 0 Å². The highest BCUT2D eigenvalue weighted by Gasteiger charge is 2.35. The Hall–Kier alpha value is -5.06. The van der Waals surface area contributed by atoms with Gasteiger partial charge in [0.2, 0.25) is 5.91 Å². The van der Waals surface area contributed by atoms with E-state index >= 15 is 0 Å². The van der Waals surface area contributed by atoms with E-state index in [2.05, 4.69) is 5.16 Å². The number of carbonyl (C=O) groups excluding carboxylic acids is 2. The summed E-state index contributed by atoms with van der Waals surface area (Å²) in [4.78, 5) is 33.3. The molecule has 1 atom stereocenters. The van der Waals surface area contributed by atoms with Crippen molar-refractivity contribution < 1.29 is 27.6 Å². The minimum atomic E-state index is -1.03. The molecule has 6 rings (SSSR count). The third-order valence-corrected chi connectivity index (χ3v) is 7.60. The summed E-state index contributed by atoms with van der Waals surface area (Å²) in [5, 5.41) is 4.08. The molecule has 3 aromatic carbocycles. The first-order chi connectivity index (χ1) is 20.6. The quantitative estimate of drug-likeness (QED) is 0.223. The van der Waals surface area contributed by atoms with Crippen LogP contribution in [-0.2, 0) is 4.79 Å². The van der Waals surface area contributed by atoms with Crippen molar-refractivity contribution >= 4 is 28.7 Å². The van der Waals surface area contributed by atoms with E-state index in [9.17, 15) is 18.4 Å². The number of ether oxygens (including phenoxy) is 1. The number of fused-ring (bicyclic) bond motifs is 1. The highest BCUT2D eigenvalue weighted by molar-refractivity contribution is 5.95. The van der Waals surface area contributed by atoms with E-state index in [0.29, 0.717) is 35.7 Å². The van der Waals surface area contributed by atoms with Gasteiger partial charge in [-0.05, 0) is 80.8 Å². The van der Waals surface area contributed by atoms with Gasteiger partial charge < -0.3 is 19.1 Å². The first-order valence-electron chi connectivity index (χ1n) is 13.8. The highest BCUT2D eigenvalue weighted by Crippen LogP contribution is 2.39. The summed E-state index contributed by atoms with van der Waals surface area (Å²) < 4.78 is 40.9. The molecule has 0 bridgehead atoms. The van der Waals surface area contributed by atoms with Crippen molar-refractivity contribution in [3.05, 3.63) is 89.6 Å². The van der Waals surface area contributed by atoms with Gasteiger partial charge in [-0.1, -0.05) is 11.2 Å². The van der Waals surface area contributed by atoms with Gasteiger partial charge >= 0.3 is 6.09 Å². The van der Waals surface area contributed by atoms with E-state index in [1.165, 1.54) is 15.9 Å². The lowest BCUT2D eigenvalue weighted by Crippen LogP contribution is -2.39. The van der Waals surface area contributed by atoms with Crippen LogP contribution in [0.25, 0.3) is 27.8 Å². The van der Waals surface area contributed by atoms with Gasteiger partial charge in [0, 0.05) is 43.5 Å². The maximum Gasteiger partial charge on any atom is 0.414 e. The smallest absolute Gasteiger partial charge is 0.410 e. The fourth-order valence-corrected chi connectivity index (χ4v) is 5.57. The van der Waals surface area contributed by atoms with Crippen LogP contribution in [0.3, 0.4) is 0 Å². The number of piperidine rings is 1. The summed E-state index contributed by atoms with van der Waals surface area (Å²) in [7, 11) is 3.20. The molecule has 0 spiro atoms. The number of benzene rings is 3. The number of halogens is 2. The average Bonchev–Trinajstić information content (AvgIpc) is 3.53. The molecule has 3 heterocycles. The molecule has 0 N–H and O–H groups in total. The molecule has 9 nitrogen and oxygen atoms in total. The van der Waals surface area contributed by atoms with Crippen molar-refractivity contribution in [2.75, 3.05) is 19.0 Å². The number of aromatic nitrogens is 3. The molecule has 0 unspecified atom stereocenters. The molecule has 0 saturated carbocycles. The molecular formula is C32H29F2N5O4. The number of hydrogen-bond acceptors (Lipinski definition) is 6. The molecule has 0 radical (unpaired) electrons. The summed E-state index contributed by atoms with van der Waals surface area (Å²) in [6, 6.07) is 15.7. The lowest BCUT2D eigenvalue weighted by atomic mass is 9.99. The van der Waals surface area contributed by atoms with Gasteiger partial charge in [-0.25, -0.2) is 18.6 Å². The van der Waals surface area contributed by atoms with Crippen LogP contribution in [0.2, 0.25) is 0 Å². The van der Waals surface area contributed by atoms with Gasteiger partial charge in [-0.3, -0.25) is 9.36 Å². The Morgan fingerprint density at radius 1 is 1.00 bits per heavy atom. The van der Waals surface area contributed by atoms with Crippen LogP contribution < -0.4 is 9.64 Å². The summed E-state index contributed by atoms with van der Waals surface area (Å²) >= 11 is 0. The predicted molar refractivity (Wildman–Crippen MR) is 156 cm³/mol. The molecule has 220 valence electrons. The largest absolute Gasteiger partial charge is 0.414 e. The summed E-state index contributed by atoms with van der Waals surface area (Å²) in [6.07, 6.45) is 0.939. The SMILES string of the molecule is Cc1noc(C)c1-c1ccc2c(c1)nc([C@@H]1CCCC(=O)N1c1ccc(F)c(F)c1)n2-c1ccc(OC(=O)N(C)C)cc1. The van der Waals surface area contributed by atoms with Crippen LogP contribution in [0, 0.1) is 25.5 Å². The topological polar surface area (TPSA) is 93.7 Å². The molecule has 2 amide bonds. The van der Waals surface area contributed by atoms with E-state index in [-0.39, 0.29) is 18.0 Å². The maximum absolute atomic E-state index is 14.3. The third kappa shape index (κ3) is 5.11. The zero-order valence-electron chi connectivity index (χ0n) is 24.1. The Morgan fingerprint density at radius 3 is 2.42 bits per heavy atom. The minimum absolute atomic E-state index is 0.205. The van der Waals surface area contributed by atoms with Crippen molar-refractivity contribution in [3.8, 4) is 22.6 Å². The number of amides is 2. The number of rotatable bonds is 5. The Bertz CT molecular complexity index is 1840. The van der Waals surface area contributed by atoms with Crippen LogP contribution in [0.1, 0.15) is 42.6 Å². The second kappa shape index (κ2) is 11.0. The van der Waals surface area contributed by atoms with Crippen molar-refractivity contribution in [1.29, 1.82) is 0 Å². The van der Waals surface area contributed by atoms with Crippen molar-refractivity contribution in [1.82, 2.24) is 19.6 Å². The first kappa shape index (κ1) is 28.1.